The van der Waals surface area contributed by atoms with Crippen molar-refractivity contribution in [1.29, 1.82) is 0 Å². The topological polar surface area (TPSA) is 76.8 Å². The molecule has 4 aromatic rings. The van der Waals surface area contributed by atoms with Crippen LogP contribution in [-0.4, -0.2) is 27.6 Å². The molecule has 10 heteroatoms. The number of carbonyl (C=O) groups is 2. The lowest BCUT2D eigenvalue weighted by atomic mass is 10.0. The molecule has 0 spiro atoms. The number of aryl methyl sites for hydroxylation is 1. The molecule has 1 fully saturated rings. The standard InChI is InChI=1S/C27H18FNO5S3/c1-15-2-6-17(7-3-15)23-19(10-11-20-24(23)37-27(32)34-20)33-22(30)12-13-29-25(31)21(36-26(29)35)14-16-4-8-18(28)9-5-16/h2-11,14H,12-13H2,1H3. The second-order valence-corrected chi connectivity index (χ2v) is 10.8. The molecule has 5 rings (SSSR count). The third kappa shape index (κ3) is 5.41. The van der Waals surface area contributed by atoms with Crippen LogP contribution in [0.1, 0.15) is 17.5 Å². The number of carbonyl (C=O) groups excluding carboxylic acids is 2. The highest BCUT2D eigenvalue weighted by molar-refractivity contribution is 8.26. The molecule has 1 aliphatic heterocycles. The molecule has 3 aromatic carbocycles. The van der Waals surface area contributed by atoms with Crippen LogP contribution in [0.4, 0.5) is 4.39 Å². The molecule has 0 N–H and O–H groups in total. The van der Waals surface area contributed by atoms with Gasteiger partial charge in [0.05, 0.1) is 16.0 Å². The van der Waals surface area contributed by atoms with Crippen molar-refractivity contribution < 1.29 is 23.1 Å². The minimum atomic E-state index is -0.555. The van der Waals surface area contributed by atoms with Crippen molar-refractivity contribution in [2.24, 2.45) is 0 Å². The van der Waals surface area contributed by atoms with Crippen molar-refractivity contribution in [3.63, 3.8) is 0 Å². The molecule has 0 radical (unpaired) electrons. The maximum Gasteiger partial charge on any atom is 0.396 e. The van der Waals surface area contributed by atoms with Crippen LogP contribution in [0, 0.1) is 12.7 Å². The summed E-state index contributed by atoms with van der Waals surface area (Å²) in [5, 5.41) is 0. The zero-order valence-corrected chi connectivity index (χ0v) is 21.8. The predicted octanol–water partition coefficient (Wildman–Crippen LogP) is 6.17. The number of rotatable bonds is 6. The number of nitrogens with zero attached hydrogens (tertiary/aromatic N) is 1. The van der Waals surface area contributed by atoms with Gasteiger partial charge in [-0.25, -0.2) is 9.18 Å². The third-order valence-electron chi connectivity index (χ3n) is 5.61. The molecule has 1 saturated heterocycles. The number of esters is 1. The molecule has 186 valence electrons. The Morgan fingerprint density at radius 3 is 2.54 bits per heavy atom. The number of thiocarbonyl (C=S) groups is 1. The van der Waals surface area contributed by atoms with E-state index in [9.17, 15) is 18.8 Å². The molecule has 2 heterocycles. The SMILES string of the molecule is Cc1ccc(-c2c(OC(=O)CCN3C(=O)C(=Cc4ccc(F)cc4)SC3=S)ccc3oc(=O)sc23)cc1. The monoisotopic (exact) mass is 551 g/mol. The van der Waals surface area contributed by atoms with Crippen LogP contribution in [-0.2, 0) is 9.59 Å². The van der Waals surface area contributed by atoms with E-state index < -0.39 is 10.9 Å². The average molecular weight is 552 g/mol. The van der Waals surface area contributed by atoms with Gasteiger partial charge in [0.2, 0.25) is 0 Å². The van der Waals surface area contributed by atoms with Crippen molar-refractivity contribution in [1.82, 2.24) is 4.90 Å². The van der Waals surface area contributed by atoms with Gasteiger partial charge in [-0.1, -0.05) is 77.3 Å². The van der Waals surface area contributed by atoms with Crippen LogP contribution in [0.25, 0.3) is 27.5 Å². The predicted molar refractivity (Wildman–Crippen MR) is 147 cm³/mol. The van der Waals surface area contributed by atoms with E-state index >= 15 is 0 Å². The molecule has 6 nitrogen and oxygen atoms in total. The maximum atomic E-state index is 13.2. The Labute approximate surface area is 224 Å². The van der Waals surface area contributed by atoms with Crippen LogP contribution in [0.5, 0.6) is 5.75 Å². The maximum absolute atomic E-state index is 13.2. The summed E-state index contributed by atoms with van der Waals surface area (Å²) in [6.07, 6.45) is 1.54. The van der Waals surface area contributed by atoms with E-state index in [0.29, 0.717) is 36.4 Å². The van der Waals surface area contributed by atoms with Gasteiger partial charge in [0.25, 0.3) is 5.91 Å². The van der Waals surface area contributed by atoms with Gasteiger partial charge < -0.3 is 9.15 Å². The zero-order chi connectivity index (χ0) is 26.1. The van der Waals surface area contributed by atoms with Gasteiger partial charge in [-0.3, -0.25) is 14.5 Å². The van der Waals surface area contributed by atoms with E-state index in [1.54, 1.807) is 30.3 Å². The smallest absolute Gasteiger partial charge is 0.396 e. The highest BCUT2D eigenvalue weighted by Crippen LogP contribution is 2.39. The lowest BCUT2D eigenvalue weighted by Crippen LogP contribution is -2.31. The first-order chi connectivity index (χ1) is 17.8. The first-order valence-electron chi connectivity index (χ1n) is 11.1. The highest BCUT2D eigenvalue weighted by Gasteiger charge is 2.32. The molecule has 1 aromatic heterocycles. The highest BCUT2D eigenvalue weighted by atomic mass is 32.2. The average Bonchev–Trinajstić information content (AvgIpc) is 3.37. The number of fused-ring (bicyclic) bond motifs is 1. The first kappa shape index (κ1) is 25.1. The second kappa shape index (κ2) is 10.4. The van der Waals surface area contributed by atoms with Crippen LogP contribution >= 0.6 is 35.3 Å². The summed E-state index contributed by atoms with van der Waals surface area (Å²) in [4.78, 5) is 38.9. The van der Waals surface area contributed by atoms with Crippen molar-refractivity contribution >= 4 is 67.9 Å². The van der Waals surface area contributed by atoms with Gasteiger partial charge in [-0.05, 0) is 48.4 Å². The largest absolute Gasteiger partial charge is 0.426 e. The Morgan fingerprint density at radius 2 is 1.81 bits per heavy atom. The summed E-state index contributed by atoms with van der Waals surface area (Å²) in [6, 6.07) is 16.6. The summed E-state index contributed by atoms with van der Waals surface area (Å²) in [5.74, 6) is -0.952. The van der Waals surface area contributed by atoms with Crippen LogP contribution in [0.2, 0.25) is 0 Å². The Kier molecular flexibility index (Phi) is 7.05. The summed E-state index contributed by atoms with van der Waals surface area (Å²) >= 11 is 7.41. The Balaban J connectivity index is 1.33. The summed E-state index contributed by atoms with van der Waals surface area (Å²) in [6.45, 7) is 2.01. The van der Waals surface area contributed by atoms with Gasteiger partial charge >= 0.3 is 10.9 Å². The van der Waals surface area contributed by atoms with E-state index in [0.717, 1.165) is 34.2 Å². The van der Waals surface area contributed by atoms with Crippen molar-refractivity contribution in [2.75, 3.05) is 6.54 Å². The van der Waals surface area contributed by atoms with Gasteiger partial charge in [0.15, 0.2) is 0 Å². The van der Waals surface area contributed by atoms with E-state index in [1.165, 1.54) is 17.0 Å². The van der Waals surface area contributed by atoms with E-state index in [-0.39, 0.29) is 24.7 Å². The molecular weight excluding hydrogens is 533 g/mol. The van der Waals surface area contributed by atoms with Gasteiger partial charge in [0.1, 0.15) is 21.5 Å². The molecule has 1 aliphatic rings. The van der Waals surface area contributed by atoms with Crippen LogP contribution in [0.15, 0.2) is 74.8 Å². The van der Waals surface area contributed by atoms with Gasteiger partial charge in [-0.15, -0.1) is 0 Å². The lowest BCUT2D eigenvalue weighted by molar-refractivity contribution is -0.134. The zero-order valence-electron chi connectivity index (χ0n) is 19.4. The fraction of sp³-hybridized carbons (Fsp3) is 0.111. The van der Waals surface area contributed by atoms with E-state index in [2.05, 4.69) is 0 Å². The fourth-order valence-corrected chi connectivity index (χ4v) is 5.92. The lowest BCUT2D eigenvalue weighted by Gasteiger charge is -2.15. The number of benzene rings is 3. The normalized spacial score (nSPS) is 14.6. The number of hydrogen-bond donors (Lipinski definition) is 0. The van der Waals surface area contributed by atoms with Gasteiger partial charge in [-0.2, -0.15) is 0 Å². The first-order valence-corrected chi connectivity index (χ1v) is 13.2. The van der Waals surface area contributed by atoms with Gasteiger partial charge in [0, 0.05) is 12.1 Å². The van der Waals surface area contributed by atoms with Crippen molar-refractivity contribution in [3.8, 4) is 16.9 Å². The minimum absolute atomic E-state index is 0.0470. The van der Waals surface area contributed by atoms with Crippen LogP contribution < -0.4 is 9.68 Å². The summed E-state index contributed by atoms with van der Waals surface area (Å²) < 4.78 is 25.0. The number of halogens is 1. The van der Waals surface area contributed by atoms with E-state index in [1.807, 2.05) is 31.2 Å². The number of amides is 1. The van der Waals surface area contributed by atoms with Crippen LogP contribution in [0.3, 0.4) is 0 Å². The number of hydrogen-bond acceptors (Lipinski definition) is 8. The fourth-order valence-electron chi connectivity index (χ4n) is 3.78. The van der Waals surface area contributed by atoms with Crippen molar-refractivity contribution in [3.05, 3.63) is 92.2 Å². The summed E-state index contributed by atoms with van der Waals surface area (Å²) in [7, 11) is 0. The molecule has 0 saturated carbocycles. The quantitative estimate of drug-likeness (QED) is 0.123. The van der Waals surface area contributed by atoms with Crippen molar-refractivity contribution in [2.45, 2.75) is 13.3 Å². The Hall–Kier alpha value is -3.60. The number of ether oxygens (including phenoxy) is 1. The third-order valence-corrected chi connectivity index (χ3v) is 7.84. The second-order valence-electron chi connectivity index (χ2n) is 8.20. The van der Waals surface area contributed by atoms with E-state index in [4.69, 9.17) is 21.4 Å². The molecule has 0 bridgehead atoms. The summed E-state index contributed by atoms with van der Waals surface area (Å²) in [5.41, 5.74) is 3.51. The molecular formula is C27H18FNO5S3. The molecule has 0 aliphatic carbocycles. The molecule has 1 amide bonds. The molecule has 0 atom stereocenters. The Morgan fingerprint density at radius 1 is 1.08 bits per heavy atom. The minimum Gasteiger partial charge on any atom is -0.426 e. The molecule has 0 unspecified atom stereocenters. The Bertz CT molecular complexity index is 1620. The molecule has 37 heavy (non-hydrogen) atoms. The number of thioether (sulfide) groups is 1.